The highest BCUT2D eigenvalue weighted by atomic mass is 16.7. The minimum atomic E-state index is -0.317. The fourth-order valence-corrected chi connectivity index (χ4v) is 1.96. The summed E-state index contributed by atoms with van der Waals surface area (Å²) in [5, 5.41) is 0. The summed E-state index contributed by atoms with van der Waals surface area (Å²) in [6.07, 6.45) is 2.69. The molecule has 3 nitrogen and oxygen atoms in total. The van der Waals surface area contributed by atoms with Crippen LogP contribution < -0.4 is 10.2 Å². The molecule has 1 aromatic rings. The summed E-state index contributed by atoms with van der Waals surface area (Å²) in [4.78, 5) is 0. The Kier molecular flexibility index (Phi) is 4.26. The highest BCUT2D eigenvalue weighted by molar-refractivity contribution is 6.62. The van der Waals surface area contributed by atoms with Crippen LogP contribution in [0.25, 0.3) is 0 Å². The molecule has 1 aliphatic rings. The van der Waals surface area contributed by atoms with Crippen LogP contribution in [0.4, 0.5) is 0 Å². The van der Waals surface area contributed by atoms with Crippen molar-refractivity contribution in [2.75, 3.05) is 6.61 Å². The molecule has 4 heteroatoms. The first-order chi connectivity index (χ1) is 9.36. The predicted octanol–water partition coefficient (Wildman–Crippen LogP) is 2.94. The van der Waals surface area contributed by atoms with Crippen LogP contribution in [0.3, 0.4) is 0 Å². The molecular weight excluding hydrogens is 251 g/mol. The molecule has 0 amide bonds. The van der Waals surface area contributed by atoms with Crippen LogP contribution in [-0.4, -0.2) is 24.9 Å². The van der Waals surface area contributed by atoms with E-state index in [0.717, 1.165) is 17.6 Å². The van der Waals surface area contributed by atoms with Crippen LogP contribution in [0.2, 0.25) is 0 Å². The van der Waals surface area contributed by atoms with Gasteiger partial charge in [0.05, 0.1) is 17.8 Å². The van der Waals surface area contributed by atoms with E-state index in [4.69, 9.17) is 14.0 Å². The van der Waals surface area contributed by atoms with Crippen molar-refractivity contribution in [3.63, 3.8) is 0 Å². The Balaban J connectivity index is 2.03. The van der Waals surface area contributed by atoms with Crippen molar-refractivity contribution < 1.29 is 14.0 Å². The highest BCUT2D eigenvalue weighted by Crippen LogP contribution is 2.36. The summed E-state index contributed by atoms with van der Waals surface area (Å²) >= 11 is 0. The summed E-state index contributed by atoms with van der Waals surface area (Å²) in [7, 11) is -0.317. The lowest BCUT2D eigenvalue weighted by Crippen LogP contribution is -2.41. The van der Waals surface area contributed by atoms with Crippen LogP contribution in [-0.2, 0) is 9.31 Å². The molecule has 2 rings (SSSR count). The van der Waals surface area contributed by atoms with E-state index >= 15 is 0 Å². The van der Waals surface area contributed by atoms with E-state index in [1.165, 1.54) is 0 Å². The summed E-state index contributed by atoms with van der Waals surface area (Å²) in [5.41, 5.74) is 0.396. The standard InChI is InChI=1S/C16H23BO3/c1-6-7-12-18-14-10-8-13(9-11-14)17-19-15(2,3)16(4,5)20-17/h6,8-11H,1,7,12H2,2-5H3. The lowest BCUT2D eigenvalue weighted by molar-refractivity contribution is 0.00578. The highest BCUT2D eigenvalue weighted by Gasteiger charge is 2.51. The van der Waals surface area contributed by atoms with Gasteiger partial charge in [-0.2, -0.15) is 0 Å². The maximum atomic E-state index is 6.01. The average Bonchev–Trinajstić information content (AvgIpc) is 2.60. The molecule has 1 aromatic carbocycles. The molecule has 108 valence electrons. The maximum absolute atomic E-state index is 6.01. The zero-order chi connectivity index (χ0) is 14.8. The van der Waals surface area contributed by atoms with Crippen LogP contribution in [0.1, 0.15) is 34.1 Å². The van der Waals surface area contributed by atoms with Crippen molar-refractivity contribution in [1.82, 2.24) is 0 Å². The van der Waals surface area contributed by atoms with Crippen molar-refractivity contribution in [1.29, 1.82) is 0 Å². The Morgan fingerprint density at radius 1 is 1.10 bits per heavy atom. The number of hydrogen-bond acceptors (Lipinski definition) is 3. The van der Waals surface area contributed by atoms with Gasteiger partial charge in [-0.25, -0.2) is 0 Å². The molecule has 0 unspecified atom stereocenters. The van der Waals surface area contributed by atoms with Crippen LogP contribution >= 0.6 is 0 Å². The molecular formula is C16H23BO3. The lowest BCUT2D eigenvalue weighted by Gasteiger charge is -2.32. The zero-order valence-electron chi connectivity index (χ0n) is 12.8. The Bertz CT molecular complexity index is 449. The van der Waals surface area contributed by atoms with Gasteiger partial charge in [-0.15, -0.1) is 6.58 Å². The molecule has 1 heterocycles. The van der Waals surface area contributed by atoms with Gasteiger partial charge < -0.3 is 14.0 Å². The third-order valence-electron chi connectivity index (χ3n) is 4.00. The van der Waals surface area contributed by atoms with Crippen molar-refractivity contribution in [3.05, 3.63) is 36.9 Å². The van der Waals surface area contributed by atoms with Gasteiger partial charge >= 0.3 is 7.12 Å². The zero-order valence-corrected chi connectivity index (χ0v) is 12.8. The summed E-state index contributed by atoms with van der Waals surface area (Å²) < 4.78 is 17.6. The van der Waals surface area contributed by atoms with Gasteiger partial charge in [0.15, 0.2) is 0 Å². The Morgan fingerprint density at radius 3 is 2.15 bits per heavy atom. The van der Waals surface area contributed by atoms with E-state index < -0.39 is 0 Å². The van der Waals surface area contributed by atoms with E-state index in [0.29, 0.717) is 6.61 Å². The number of hydrogen-bond donors (Lipinski definition) is 0. The fourth-order valence-electron chi connectivity index (χ4n) is 1.96. The average molecular weight is 274 g/mol. The first-order valence-electron chi connectivity index (χ1n) is 7.05. The van der Waals surface area contributed by atoms with E-state index in [1.807, 2.05) is 30.3 Å². The van der Waals surface area contributed by atoms with Crippen molar-refractivity contribution >= 4 is 12.6 Å². The molecule has 0 atom stereocenters. The molecule has 0 spiro atoms. The minimum Gasteiger partial charge on any atom is -0.493 e. The van der Waals surface area contributed by atoms with Crippen molar-refractivity contribution in [2.45, 2.75) is 45.3 Å². The first-order valence-corrected chi connectivity index (χ1v) is 7.05. The van der Waals surface area contributed by atoms with Crippen molar-refractivity contribution in [3.8, 4) is 5.75 Å². The third kappa shape index (κ3) is 3.07. The Morgan fingerprint density at radius 2 is 1.65 bits per heavy atom. The van der Waals surface area contributed by atoms with E-state index in [-0.39, 0.29) is 18.3 Å². The van der Waals surface area contributed by atoms with Crippen LogP contribution in [0.15, 0.2) is 36.9 Å². The molecule has 0 N–H and O–H groups in total. The largest absolute Gasteiger partial charge is 0.494 e. The second-order valence-electron chi connectivity index (χ2n) is 6.08. The molecule has 1 fully saturated rings. The number of rotatable bonds is 5. The quantitative estimate of drug-likeness (QED) is 0.469. The molecule has 0 aromatic heterocycles. The van der Waals surface area contributed by atoms with Gasteiger partial charge in [-0.05, 0) is 51.7 Å². The predicted molar refractivity (Wildman–Crippen MR) is 82.5 cm³/mol. The Labute approximate surface area is 122 Å². The maximum Gasteiger partial charge on any atom is 0.494 e. The monoisotopic (exact) mass is 274 g/mol. The number of benzene rings is 1. The molecule has 1 saturated heterocycles. The van der Waals surface area contributed by atoms with Crippen LogP contribution in [0, 0.1) is 0 Å². The molecule has 20 heavy (non-hydrogen) atoms. The van der Waals surface area contributed by atoms with E-state index in [1.54, 1.807) is 0 Å². The fraction of sp³-hybridized carbons (Fsp3) is 0.500. The second kappa shape index (κ2) is 5.62. The van der Waals surface area contributed by atoms with Crippen LogP contribution in [0.5, 0.6) is 5.75 Å². The molecule has 0 aliphatic carbocycles. The summed E-state index contributed by atoms with van der Waals surface area (Å²) in [6, 6.07) is 7.88. The van der Waals surface area contributed by atoms with Gasteiger partial charge in [0.1, 0.15) is 5.75 Å². The first kappa shape index (κ1) is 15.1. The van der Waals surface area contributed by atoms with Gasteiger partial charge in [0.25, 0.3) is 0 Å². The molecule has 1 aliphatic heterocycles. The van der Waals surface area contributed by atoms with Gasteiger partial charge in [0.2, 0.25) is 0 Å². The summed E-state index contributed by atoms with van der Waals surface area (Å²) in [5.74, 6) is 0.854. The van der Waals surface area contributed by atoms with Crippen molar-refractivity contribution in [2.24, 2.45) is 0 Å². The van der Waals surface area contributed by atoms with E-state index in [2.05, 4.69) is 34.3 Å². The third-order valence-corrected chi connectivity index (χ3v) is 4.00. The smallest absolute Gasteiger partial charge is 0.493 e. The molecule has 0 bridgehead atoms. The normalized spacial score (nSPS) is 19.9. The van der Waals surface area contributed by atoms with Gasteiger partial charge in [0, 0.05) is 0 Å². The Hall–Kier alpha value is -1.26. The topological polar surface area (TPSA) is 27.7 Å². The molecule has 0 saturated carbocycles. The van der Waals surface area contributed by atoms with E-state index in [9.17, 15) is 0 Å². The summed E-state index contributed by atoms with van der Waals surface area (Å²) in [6.45, 7) is 12.5. The van der Waals surface area contributed by atoms with Gasteiger partial charge in [-0.3, -0.25) is 0 Å². The SMILES string of the molecule is C=CCCOc1ccc(B2OC(C)(C)C(C)(C)O2)cc1. The molecule has 0 radical (unpaired) electrons. The minimum absolute atomic E-state index is 0.309. The lowest BCUT2D eigenvalue weighted by atomic mass is 9.79. The number of ether oxygens (including phenoxy) is 1. The second-order valence-corrected chi connectivity index (χ2v) is 6.08. The van der Waals surface area contributed by atoms with Gasteiger partial charge in [-0.1, -0.05) is 18.2 Å².